The van der Waals surface area contributed by atoms with Crippen LogP contribution in [0.15, 0.2) is 45.3 Å². The average molecular weight is 470 g/mol. The largest absolute Gasteiger partial charge is 0.494 e. The van der Waals surface area contributed by atoms with Gasteiger partial charge in [0.15, 0.2) is 0 Å². The third-order valence-corrected chi connectivity index (χ3v) is 4.80. The number of ether oxygens (including phenoxy) is 1. The van der Waals surface area contributed by atoms with Gasteiger partial charge in [-0.15, -0.1) is 0 Å². The second-order valence-electron chi connectivity index (χ2n) is 5.90. The van der Waals surface area contributed by atoms with E-state index in [-0.39, 0.29) is 5.91 Å². The summed E-state index contributed by atoms with van der Waals surface area (Å²) in [6.07, 6.45) is 0. The van der Waals surface area contributed by atoms with Crippen LogP contribution in [0.4, 0.5) is 5.69 Å². The zero-order chi connectivity index (χ0) is 18.4. The maximum atomic E-state index is 12.3. The van der Waals surface area contributed by atoms with Crippen molar-refractivity contribution >= 4 is 43.5 Å². The number of aryl methyl sites for hydroxylation is 1. The van der Waals surface area contributed by atoms with Gasteiger partial charge in [-0.3, -0.25) is 9.69 Å². The van der Waals surface area contributed by atoms with Crippen molar-refractivity contribution in [2.45, 2.75) is 20.4 Å². The Labute approximate surface area is 165 Å². The topological polar surface area (TPSA) is 41.6 Å². The Morgan fingerprint density at radius 2 is 1.76 bits per heavy atom. The molecular weight excluding hydrogens is 448 g/mol. The first kappa shape index (κ1) is 19.9. The number of rotatable bonds is 7. The molecule has 0 aromatic heterocycles. The lowest BCUT2D eigenvalue weighted by molar-refractivity contribution is -0.117. The van der Waals surface area contributed by atoms with Crippen molar-refractivity contribution in [3.8, 4) is 5.75 Å². The zero-order valence-electron chi connectivity index (χ0n) is 14.6. The van der Waals surface area contributed by atoms with E-state index in [1.54, 1.807) is 0 Å². The number of halogens is 2. The molecule has 2 rings (SSSR count). The fourth-order valence-electron chi connectivity index (χ4n) is 2.47. The number of amides is 1. The van der Waals surface area contributed by atoms with Gasteiger partial charge in [0.1, 0.15) is 5.75 Å². The van der Waals surface area contributed by atoms with Crippen LogP contribution < -0.4 is 10.1 Å². The molecule has 0 radical (unpaired) electrons. The maximum absolute atomic E-state index is 12.3. The average Bonchev–Trinajstić information content (AvgIpc) is 2.53. The Kier molecular flexibility index (Phi) is 7.47. The number of carbonyl (C=O) groups excluding carboxylic acids is 1. The van der Waals surface area contributed by atoms with Crippen LogP contribution in [0.3, 0.4) is 0 Å². The number of likely N-dealkylation sites (N-methyl/N-ethyl adjacent to an activating group) is 1. The SMILES string of the molecule is CCOc1ccc(CN(C)CC(=O)Nc2c(Br)cc(C)cc2Br)cc1. The van der Waals surface area contributed by atoms with Gasteiger partial charge in [0, 0.05) is 15.5 Å². The summed E-state index contributed by atoms with van der Waals surface area (Å²) < 4.78 is 7.17. The van der Waals surface area contributed by atoms with Crippen LogP contribution in [-0.2, 0) is 11.3 Å². The van der Waals surface area contributed by atoms with Gasteiger partial charge in [-0.2, -0.15) is 0 Å². The molecule has 1 N–H and O–H groups in total. The summed E-state index contributed by atoms with van der Waals surface area (Å²) in [5, 5.41) is 2.95. The third-order valence-electron chi connectivity index (χ3n) is 3.55. The molecule has 0 spiro atoms. The minimum atomic E-state index is -0.0568. The Hall–Kier alpha value is -1.37. The monoisotopic (exact) mass is 468 g/mol. The third kappa shape index (κ3) is 6.13. The van der Waals surface area contributed by atoms with Crippen molar-refractivity contribution in [2.24, 2.45) is 0 Å². The number of benzene rings is 2. The summed E-state index contributed by atoms with van der Waals surface area (Å²) >= 11 is 6.99. The van der Waals surface area contributed by atoms with Gasteiger partial charge in [-0.1, -0.05) is 12.1 Å². The van der Waals surface area contributed by atoms with Crippen LogP contribution in [-0.4, -0.2) is 31.0 Å². The summed E-state index contributed by atoms with van der Waals surface area (Å²) in [5.41, 5.74) is 3.01. The Morgan fingerprint density at radius 1 is 1.16 bits per heavy atom. The molecule has 2 aromatic carbocycles. The van der Waals surface area contributed by atoms with E-state index in [1.165, 1.54) is 0 Å². The van der Waals surface area contributed by atoms with Gasteiger partial charge in [-0.05, 0) is 88.1 Å². The van der Waals surface area contributed by atoms with Crippen LogP contribution in [0.2, 0.25) is 0 Å². The quantitative estimate of drug-likeness (QED) is 0.621. The van der Waals surface area contributed by atoms with Crippen LogP contribution in [0.1, 0.15) is 18.1 Å². The molecule has 0 heterocycles. The molecule has 0 aliphatic heterocycles. The molecule has 0 unspecified atom stereocenters. The first-order valence-corrected chi connectivity index (χ1v) is 9.63. The van der Waals surface area contributed by atoms with Crippen molar-refractivity contribution in [1.82, 2.24) is 4.90 Å². The van der Waals surface area contributed by atoms with Crippen LogP contribution in [0.25, 0.3) is 0 Å². The van der Waals surface area contributed by atoms with Crippen molar-refractivity contribution < 1.29 is 9.53 Å². The second kappa shape index (κ2) is 9.36. The number of nitrogens with one attached hydrogen (secondary N) is 1. The molecule has 6 heteroatoms. The summed E-state index contributed by atoms with van der Waals surface area (Å²) in [7, 11) is 1.93. The molecule has 0 saturated heterocycles. The first-order chi connectivity index (χ1) is 11.9. The summed E-state index contributed by atoms with van der Waals surface area (Å²) in [5.74, 6) is 0.805. The van der Waals surface area contributed by atoms with Crippen molar-refractivity contribution in [3.63, 3.8) is 0 Å². The normalized spacial score (nSPS) is 10.8. The van der Waals surface area contributed by atoms with Gasteiger partial charge >= 0.3 is 0 Å². The molecule has 0 bridgehead atoms. The lowest BCUT2D eigenvalue weighted by Gasteiger charge is -2.18. The number of nitrogens with zero attached hydrogens (tertiary/aromatic N) is 1. The lowest BCUT2D eigenvalue weighted by Crippen LogP contribution is -2.30. The Balaban J connectivity index is 1.92. The fraction of sp³-hybridized carbons (Fsp3) is 0.316. The summed E-state index contributed by atoms with van der Waals surface area (Å²) in [4.78, 5) is 14.3. The van der Waals surface area contributed by atoms with Crippen molar-refractivity contribution in [1.29, 1.82) is 0 Å². The standard InChI is InChI=1S/C19H22Br2N2O2/c1-4-25-15-7-5-14(6-8-15)11-23(3)12-18(24)22-19-16(20)9-13(2)10-17(19)21/h5-10H,4,11-12H2,1-3H3,(H,22,24). The number of hydrogen-bond donors (Lipinski definition) is 1. The van der Waals surface area contributed by atoms with E-state index in [1.807, 2.05) is 62.2 Å². The van der Waals surface area contributed by atoms with E-state index in [0.717, 1.165) is 31.5 Å². The molecule has 25 heavy (non-hydrogen) atoms. The van der Waals surface area contributed by atoms with Gasteiger partial charge in [0.2, 0.25) is 5.91 Å². The molecule has 0 saturated carbocycles. The number of anilines is 1. The van der Waals surface area contributed by atoms with E-state index >= 15 is 0 Å². The van der Waals surface area contributed by atoms with Crippen LogP contribution in [0.5, 0.6) is 5.75 Å². The van der Waals surface area contributed by atoms with E-state index in [4.69, 9.17) is 4.74 Å². The molecule has 0 fully saturated rings. The van der Waals surface area contributed by atoms with Crippen molar-refractivity contribution in [2.75, 3.05) is 25.5 Å². The summed E-state index contributed by atoms with van der Waals surface area (Å²) in [6, 6.07) is 11.9. The zero-order valence-corrected chi connectivity index (χ0v) is 17.8. The predicted molar refractivity (Wildman–Crippen MR) is 109 cm³/mol. The molecule has 0 atom stereocenters. The maximum Gasteiger partial charge on any atom is 0.238 e. The van der Waals surface area contributed by atoms with Gasteiger partial charge in [0.05, 0.1) is 18.8 Å². The fourth-order valence-corrected chi connectivity index (χ4v) is 4.08. The predicted octanol–water partition coefficient (Wildman–Crippen LogP) is 4.99. The minimum absolute atomic E-state index is 0.0568. The molecule has 0 aliphatic rings. The van der Waals surface area contributed by atoms with Crippen molar-refractivity contribution in [3.05, 3.63) is 56.5 Å². The Morgan fingerprint density at radius 3 is 2.32 bits per heavy atom. The highest BCUT2D eigenvalue weighted by Crippen LogP contribution is 2.32. The van der Waals surface area contributed by atoms with E-state index in [2.05, 4.69) is 37.2 Å². The lowest BCUT2D eigenvalue weighted by atomic mass is 10.2. The van der Waals surface area contributed by atoms with E-state index in [0.29, 0.717) is 19.7 Å². The van der Waals surface area contributed by atoms with Gasteiger partial charge < -0.3 is 10.1 Å². The molecule has 1 amide bonds. The van der Waals surface area contributed by atoms with Crippen LogP contribution in [0, 0.1) is 6.92 Å². The van der Waals surface area contributed by atoms with E-state index in [9.17, 15) is 4.79 Å². The minimum Gasteiger partial charge on any atom is -0.494 e. The van der Waals surface area contributed by atoms with E-state index < -0.39 is 0 Å². The first-order valence-electron chi connectivity index (χ1n) is 8.04. The Bertz CT molecular complexity index is 710. The second-order valence-corrected chi connectivity index (χ2v) is 7.61. The summed E-state index contributed by atoms with van der Waals surface area (Å²) in [6.45, 7) is 5.62. The van der Waals surface area contributed by atoms with Crippen LogP contribution >= 0.6 is 31.9 Å². The van der Waals surface area contributed by atoms with Gasteiger partial charge in [-0.25, -0.2) is 0 Å². The highest BCUT2D eigenvalue weighted by molar-refractivity contribution is 9.11. The smallest absolute Gasteiger partial charge is 0.238 e. The van der Waals surface area contributed by atoms with Gasteiger partial charge in [0.25, 0.3) is 0 Å². The molecule has 134 valence electrons. The molecule has 4 nitrogen and oxygen atoms in total. The highest BCUT2D eigenvalue weighted by Gasteiger charge is 2.12. The highest BCUT2D eigenvalue weighted by atomic mass is 79.9. The molecule has 0 aliphatic carbocycles. The number of carbonyl (C=O) groups is 1. The molecular formula is C19H22Br2N2O2. The number of hydrogen-bond acceptors (Lipinski definition) is 3. The molecule has 2 aromatic rings.